The topological polar surface area (TPSA) is 34.1 Å². The lowest BCUT2D eigenvalue weighted by Gasteiger charge is -2.06. The van der Waals surface area contributed by atoms with E-state index < -0.39 is 0 Å². The van der Waals surface area contributed by atoms with E-state index in [4.69, 9.17) is 4.74 Å². The minimum Gasteiger partial charge on any atom is -0.497 e. The van der Waals surface area contributed by atoms with E-state index in [0.717, 1.165) is 10.2 Å². The van der Waals surface area contributed by atoms with Crippen LogP contribution >= 0.6 is 11.3 Å². The van der Waals surface area contributed by atoms with E-state index in [1.807, 2.05) is 24.3 Å². The average molecular weight is 274 g/mol. The maximum Gasteiger partial charge on any atom is 0.188 e. The fourth-order valence-corrected chi connectivity index (χ4v) is 2.65. The molecule has 0 unspecified atom stereocenters. The molecule has 0 aliphatic rings. The highest BCUT2D eigenvalue weighted by Gasteiger charge is 2.08. The first-order valence-electron chi connectivity index (χ1n) is 5.72. The third kappa shape index (κ3) is 2.37. The number of benzene rings is 2. The highest BCUT2D eigenvalue weighted by Crippen LogP contribution is 2.30. The van der Waals surface area contributed by atoms with Crippen molar-refractivity contribution < 1.29 is 9.13 Å². The zero-order chi connectivity index (χ0) is 13.2. The Morgan fingerprint density at radius 1 is 1.21 bits per heavy atom. The summed E-state index contributed by atoms with van der Waals surface area (Å²) in [6.45, 7) is 0. The molecule has 0 bridgehead atoms. The van der Waals surface area contributed by atoms with E-state index in [9.17, 15) is 4.39 Å². The number of ether oxygens (including phenoxy) is 1. The molecule has 0 spiro atoms. The fraction of sp³-hybridized carbons (Fsp3) is 0.0714. The molecule has 1 N–H and O–H groups in total. The van der Waals surface area contributed by atoms with Crippen LogP contribution in [-0.2, 0) is 0 Å². The van der Waals surface area contributed by atoms with Gasteiger partial charge in [0.15, 0.2) is 5.13 Å². The SMILES string of the molecule is COc1ccc(F)c(Nc2nc3ccccc3s2)c1. The highest BCUT2D eigenvalue weighted by atomic mass is 32.1. The maximum absolute atomic E-state index is 13.7. The van der Waals surface area contributed by atoms with Gasteiger partial charge in [-0.1, -0.05) is 23.5 Å². The molecule has 0 saturated heterocycles. The third-order valence-corrected chi connectivity index (χ3v) is 3.66. The largest absolute Gasteiger partial charge is 0.497 e. The minimum atomic E-state index is -0.333. The van der Waals surface area contributed by atoms with Gasteiger partial charge in [0.2, 0.25) is 0 Å². The van der Waals surface area contributed by atoms with Crippen LogP contribution in [0.4, 0.5) is 15.2 Å². The molecule has 0 fully saturated rings. The van der Waals surface area contributed by atoms with E-state index in [-0.39, 0.29) is 5.82 Å². The predicted octanol–water partition coefficient (Wildman–Crippen LogP) is 4.19. The van der Waals surface area contributed by atoms with Gasteiger partial charge < -0.3 is 10.1 Å². The molecule has 0 aliphatic carbocycles. The van der Waals surface area contributed by atoms with E-state index in [2.05, 4.69) is 10.3 Å². The first kappa shape index (κ1) is 11.9. The Kier molecular flexibility index (Phi) is 3.05. The number of anilines is 2. The number of nitrogens with zero attached hydrogens (tertiary/aromatic N) is 1. The summed E-state index contributed by atoms with van der Waals surface area (Å²) in [7, 11) is 1.55. The number of aromatic nitrogens is 1. The zero-order valence-electron chi connectivity index (χ0n) is 10.2. The van der Waals surface area contributed by atoms with Crippen LogP contribution in [0.5, 0.6) is 5.75 Å². The van der Waals surface area contributed by atoms with Gasteiger partial charge in [0.1, 0.15) is 11.6 Å². The summed E-state index contributed by atoms with van der Waals surface area (Å²) in [4.78, 5) is 4.40. The molecule has 3 rings (SSSR count). The maximum atomic E-state index is 13.7. The van der Waals surface area contributed by atoms with E-state index in [1.165, 1.54) is 17.4 Å². The van der Waals surface area contributed by atoms with Gasteiger partial charge in [-0.05, 0) is 24.3 Å². The Bertz CT molecular complexity index is 693. The number of nitrogens with one attached hydrogen (secondary N) is 1. The summed E-state index contributed by atoms with van der Waals surface area (Å²) in [6.07, 6.45) is 0. The third-order valence-electron chi connectivity index (χ3n) is 2.71. The number of thiazole rings is 1. The van der Waals surface area contributed by atoms with Crippen molar-refractivity contribution in [1.29, 1.82) is 0 Å². The van der Waals surface area contributed by atoms with Crippen molar-refractivity contribution in [2.75, 3.05) is 12.4 Å². The summed E-state index contributed by atoms with van der Waals surface area (Å²) >= 11 is 1.48. The summed E-state index contributed by atoms with van der Waals surface area (Å²) in [5.41, 5.74) is 1.26. The number of halogens is 1. The van der Waals surface area contributed by atoms with Gasteiger partial charge in [-0.15, -0.1) is 0 Å². The molecule has 0 aliphatic heterocycles. The molecule has 3 aromatic rings. The summed E-state index contributed by atoms with van der Waals surface area (Å²) in [5.74, 6) is 0.269. The summed E-state index contributed by atoms with van der Waals surface area (Å²) < 4.78 is 19.9. The lowest BCUT2D eigenvalue weighted by molar-refractivity contribution is 0.414. The Morgan fingerprint density at radius 3 is 2.84 bits per heavy atom. The monoisotopic (exact) mass is 274 g/mol. The lowest BCUT2D eigenvalue weighted by atomic mass is 10.3. The van der Waals surface area contributed by atoms with Crippen LogP contribution in [0, 0.1) is 5.82 Å². The van der Waals surface area contributed by atoms with Crippen molar-refractivity contribution in [1.82, 2.24) is 4.98 Å². The van der Waals surface area contributed by atoms with Gasteiger partial charge in [-0.25, -0.2) is 9.37 Å². The predicted molar refractivity (Wildman–Crippen MR) is 75.9 cm³/mol. The first-order chi connectivity index (χ1) is 9.26. The second-order valence-electron chi connectivity index (χ2n) is 3.96. The average Bonchev–Trinajstić information content (AvgIpc) is 2.83. The molecule has 19 heavy (non-hydrogen) atoms. The van der Waals surface area contributed by atoms with Crippen molar-refractivity contribution in [3.8, 4) is 5.75 Å². The van der Waals surface area contributed by atoms with Crippen molar-refractivity contribution >= 4 is 32.4 Å². The highest BCUT2D eigenvalue weighted by molar-refractivity contribution is 7.22. The minimum absolute atomic E-state index is 0.333. The van der Waals surface area contributed by atoms with Crippen molar-refractivity contribution in [2.45, 2.75) is 0 Å². The second kappa shape index (κ2) is 4.85. The standard InChI is InChI=1S/C14H11FN2OS/c1-18-9-6-7-10(15)12(8-9)17-14-16-11-4-2-3-5-13(11)19-14/h2-8H,1H3,(H,16,17). The van der Waals surface area contributed by atoms with Crippen LogP contribution in [0.3, 0.4) is 0 Å². The molecule has 1 heterocycles. The van der Waals surface area contributed by atoms with Gasteiger partial charge in [0, 0.05) is 6.07 Å². The first-order valence-corrected chi connectivity index (χ1v) is 6.54. The number of hydrogen-bond donors (Lipinski definition) is 1. The molecule has 0 atom stereocenters. The van der Waals surface area contributed by atoms with Crippen LogP contribution in [-0.4, -0.2) is 12.1 Å². The van der Waals surface area contributed by atoms with E-state index in [0.29, 0.717) is 16.6 Å². The Morgan fingerprint density at radius 2 is 2.05 bits per heavy atom. The van der Waals surface area contributed by atoms with Crippen LogP contribution in [0.1, 0.15) is 0 Å². The Balaban J connectivity index is 1.96. The molecular weight excluding hydrogens is 263 g/mol. The smallest absolute Gasteiger partial charge is 0.188 e. The van der Waals surface area contributed by atoms with Gasteiger partial charge in [-0.3, -0.25) is 0 Å². The molecule has 5 heteroatoms. The number of methoxy groups -OCH3 is 1. The van der Waals surface area contributed by atoms with Gasteiger partial charge in [0.05, 0.1) is 23.0 Å². The molecule has 3 nitrogen and oxygen atoms in total. The van der Waals surface area contributed by atoms with Crippen LogP contribution in [0.15, 0.2) is 42.5 Å². The van der Waals surface area contributed by atoms with Crippen LogP contribution in [0.25, 0.3) is 10.2 Å². The normalized spacial score (nSPS) is 10.6. The van der Waals surface area contributed by atoms with Crippen molar-refractivity contribution in [2.24, 2.45) is 0 Å². The number of fused-ring (bicyclic) bond motifs is 1. The molecule has 0 radical (unpaired) electrons. The quantitative estimate of drug-likeness (QED) is 0.777. The van der Waals surface area contributed by atoms with Gasteiger partial charge in [-0.2, -0.15) is 0 Å². The van der Waals surface area contributed by atoms with Crippen molar-refractivity contribution in [3.05, 3.63) is 48.3 Å². The molecule has 2 aromatic carbocycles. The Hall–Kier alpha value is -2.14. The summed E-state index contributed by atoms with van der Waals surface area (Å²) in [5, 5.41) is 3.65. The molecule has 1 aromatic heterocycles. The molecule has 0 saturated carbocycles. The number of rotatable bonds is 3. The van der Waals surface area contributed by atoms with Crippen molar-refractivity contribution in [3.63, 3.8) is 0 Å². The molecule has 0 amide bonds. The number of para-hydroxylation sites is 1. The molecule has 96 valence electrons. The number of hydrogen-bond acceptors (Lipinski definition) is 4. The van der Waals surface area contributed by atoms with Crippen LogP contribution < -0.4 is 10.1 Å². The zero-order valence-corrected chi connectivity index (χ0v) is 11.0. The van der Waals surface area contributed by atoms with E-state index in [1.54, 1.807) is 19.2 Å². The van der Waals surface area contributed by atoms with Crippen LogP contribution in [0.2, 0.25) is 0 Å². The fourth-order valence-electron chi connectivity index (χ4n) is 1.77. The lowest BCUT2D eigenvalue weighted by Crippen LogP contribution is -1.94. The second-order valence-corrected chi connectivity index (χ2v) is 4.99. The molecular formula is C14H11FN2OS. The van der Waals surface area contributed by atoms with Gasteiger partial charge >= 0.3 is 0 Å². The summed E-state index contributed by atoms with van der Waals surface area (Å²) in [6, 6.07) is 12.4. The van der Waals surface area contributed by atoms with E-state index >= 15 is 0 Å². The Labute approximate surface area is 113 Å². The van der Waals surface area contributed by atoms with Gasteiger partial charge in [0.25, 0.3) is 0 Å².